The molecule has 0 aliphatic heterocycles. The second-order valence-corrected chi connectivity index (χ2v) is 5.85. The van der Waals surface area contributed by atoms with Crippen LogP contribution in [0.15, 0.2) is 24.3 Å². The molecule has 1 aromatic carbocycles. The molecule has 3 aromatic rings. The highest BCUT2D eigenvalue weighted by Gasteiger charge is 2.15. The summed E-state index contributed by atoms with van der Waals surface area (Å²) >= 11 is 0. The molecule has 2 heterocycles. The largest absolute Gasteiger partial charge is 0.384 e. The zero-order valence-electron chi connectivity index (χ0n) is 14.1. The van der Waals surface area contributed by atoms with Crippen molar-refractivity contribution in [3.8, 4) is 6.07 Å². The number of nitrogens with zero attached hydrogens (tertiary/aromatic N) is 4. The molecule has 0 spiro atoms. The summed E-state index contributed by atoms with van der Waals surface area (Å²) in [7, 11) is 0. The summed E-state index contributed by atoms with van der Waals surface area (Å²) in [5, 5.41) is 30.9. The average Bonchev–Trinajstić information content (AvgIpc) is 2.97. The Hall–Kier alpha value is -3.67. The van der Waals surface area contributed by atoms with Gasteiger partial charge < -0.3 is 11.1 Å². The minimum atomic E-state index is -0.426. The standard InChI is InChI=1S/C17H17N7O2/c1-10-8-14(11-4-2-6-15(24(25)26)16(11)21-10)20-7-3-5-13-12(9-18)17(19)23-22-13/h2,4,6,8H,3,5,7H2,1H3,(H,20,21)(H3,19,22,23). The number of anilines is 2. The van der Waals surface area contributed by atoms with Crippen LogP contribution in [0.4, 0.5) is 17.2 Å². The average molecular weight is 351 g/mol. The lowest BCUT2D eigenvalue weighted by Crippen LogP contribution is -2.05. The number of nitrogens with one attached hydrogen (secondary N) is 2. The van der Waals surface area contributed by atoms with Gasteiger partial charge >= 0.3 is 0 Å². The van der Waals surface area contributed by atoms with Gasteiger partial charge in [-0.2, -0.15) is 10.4 Å². The molecule has 0 bridgehead atoms. The predicted molar refractivity (Wildman–Crippen MR) is 97.7 cm³/mol. The number of nitriles is 1. The zero-order chi connectivity index (χ0) is 18.7. The number of aromatic nitrogens is 3. The molecule has 9 nitrogen and oxygen atoms in total. The van der Waals surface area contributed by atoms with E-state index in [1.54, 1.807) is 19.1 Å². The third-order valence-electron chi connectivity index (χ3n) is 4.04. The van der Waals surface area contributed by atoms with E-state index in [1.165, 1.54) is 6.07 Å². The Bertz CT molecular complexity index is 1020. The van der Waals surface area contributed by atoms with E-state index in [0.717, 1.165) is 12.1 Å². The van der Waals surface area contributed by atoms with Crippen LogP contribution >= 0.6 is 0 Å². The molecule has 9 heteroatoms. The van der Waals surface area contributed by atoms with Crippen LogP contribution in [0.2, 0.25) is 0 Å². The minimum Gasteiger partial charge on any atom is -0.384 e. The Labute approximate surface area is 149 Å². The van der Waals surface area contributed by atoms with Crippen molar-refractivity contribution >= 4 is 28.1 Å². The highest BCUT2D eigenvalue weighted by Crippen LogP contribution is 2.29. The first-order valence-electron chi connectivity index (χ1n) is 8.02. The van der Waals surface area contributed by atoms with Gasteiger partial charge in [0.1, 0.15) is 11.6 Å². The molecule has 3 rings (SSSR count). The van der Waals surface area contributed by atoms with Crippen LogP contribution in [0.25, 0.3) is 10.9 Å². The van der Waals surface area contributed by atoms with Gasteiger partial charge in [0.25, 0.3) is 5.69 Å². The lowest BCUT2D eigenvalue weighted by atomic mass is 10.1. The quantitative estimate of drug-likeness (QED) is 0.351. The molecule has 26 heavy (non-hydrogen) atoms. The molecule has 0 aliphatic rings. The summed E-state index contributed by atoms with van der Waals surface area (Å²) in [4.78, 5) is 15.1. The lowest BCUT2D eigenvalue weighted by Gasteiger charge is -2.10. The van der Waals surface area contributed by atoms with Gasteiger partial charge in [-0.15, -0.1) is 0 Å². The molecule has 0 aliphatic carbocycles. The number of hydrogen-bond donors (Lipinski definition) is 3. The second-order valence-electron chi connectivity index (χ2n) is 5.85. The first kappa shape index (κ1) is 17.2. The highest BCUT2D eigenvalue weighted by atomic mass is 16.6. The van der Waals surface area contributed by atoms with Crippen molar-refractivity contribution in [3.63, 3.8) is 0 Å². The fourth-order valence-corrected chi connectivity index (χ4v) is 2.84. The van der Waals surface area contributed by atoms with Crippen LogP contribution in [0.1, 0.15) is 23.4 Å². The summed E-state index contributed by atoms with van der Waals surface area (Å²) in [6, 6.07) is 8.80. The fourth-order valence-electron chi connectivity index (χ4n) is 2.84. The molecule has 0 fully saturated rings. The molecular weight excluding hydrogens is 334 g/mol. The van der Waals surface area contributed by atoms with Crippen LogP contribution in [0.3, 0.4) is 0 Å². The number of aryl methyl sites for hydroxylation is 2. The Balaban J connectivity index is 1.76. The number of nitrogen functional groups attached to an aromatic ring is 1. The van der Waals surface area contributed by atoms with E-state index in [2.05, 4.69) is 20.5 Å². The van der Waals surface area contributed by atoms with Gasteiger partial charge in [0, 0.05) is 29.4 Å². The molecular formula is C17H17N7O2. The number of H-pyrrole nitrogens is 1. The molecule has 0 radical (unpaired) electrons. The van der Waals surface area contributed by atoms with Crippen molar-refractivity contribution in [2.45, 2.75) is 19.8 Å². The van der Waals surface area contributed by atoms with E-state index in [1.807, 2.05) is 12.1 Å². The van der Waals surface area contributed by atoms with Crippen molar-refractivity contribution in [2.75, 3.05) is 17.6 Å². The van der Waals surface area contributed by atoms with Crippen molar-refractivity contribution in [2.24, 2.45) is 0 Å². The van der Waals surface area contributed by atoms with Gasteiger partial charge in [-0.25, -0.2) is 4.98 Å². The zero-order valence-corrected chi connectivity index (χ0v) is 14.1. The second kappa shape index (κ2) is 7.06. The first-order chi connectivity index (χ1) is 12.5. The van der Waals surface area contributed by atoms with E-state index < -0.39 is 4.92 Å². The summed E-state index contributed by atoms with van der Waals surface area (Å²) in [6.07, 6.45) is 1.34. The number of rotatable bonds is 6. The van der Waals surface area contributed by atoms with Gasteiger partial charge in [-0.3, -0.25) is 15.2 Å². The smallest absolute Gasteiger partial charge is 0.295 e. The van der Waals surface area contributed by atoms with Gasteiger partial charge in [0.15, 0.2) is 11.3 Å². The number of non-ortho nitro benzene ring substituents is 1. The van der Waals surface area contributed by atoms with Crippen LogP contribution in [0, 0.1) is 28.4 Å². The van der Waals surface area contributed by atoms with Crippen molar-refractivity contribution in [3.05, 3.63) is 51.3 Å². The van der Waals surface area contributed by atoms with Gasteiger partial charge in [0.05, 0.1) is 10.6 Å². The topological polar surface area (TPSA) is 147 Å². The summed E-state index contributed by atoms with van der Waals surface area (Å²) < 4.78 is 0. The fraction of sp³-hybridized carbons (Fsp3) is 0.235. The van der Waals surface area contributed by atoms with Crippen LogP contribution < -0.4 is 11.1 Å². The minimum absolute atomic E-state index is 0.0131. The number of para-hydroxylation sites is 1. The summed E-state index contributed by atoms with van der Waals surface area (Å²) in [6.45, 7) is 2.42. The van der Waals surface area contributed by atoms with Gasteiger partial charge in [-0.1, -0.05) is 12.1 Å². The van der Waals surface area contributed by atoms with E-state index in [4.69, 9.17) is 11.0 Å². The van der Waals surface area contributed by atoms with Gasteiger partial charge in [-0.05, 0) is 25.8 Å². The lowest BCUT2D eigenvalue weighted by molar-refractivity contribution is -0.383. The number of aromatic amines is 1. The number of pyridine rings is 1. The SMILES string of the molecule is Cc1cc(NCCCc2[nH]nc(N)c2C#N)c2cccc([N+](=O)[O-])c2n1. The molecule has 132 valence electrons. The molecule has 0 amide bonds. The van der Waals surface area contributed by atoms with Crippen molar-refractivity contribution in [1.29, 1.82) is 5.26 Å². The Morgan fingerprint density at radius 2 is 2.27 bits per heavy atom. The molecule has 4 N–H and O–H groups in total. The van der Waals surface area contributed by atoms with Gasteiger partial charge in [0.2, 0.25) is 0 Å². The number of nitro benzene ring substituents is 1. The molecule has 2 aromatic heterocycles. The number of nitrogens with two attached hydrogens (primary N) is 1. The molecule has 0 saturated heterocycles. The van der Waals surface area contributed by atoms with E-state index in [0.29, 0.717) is 40.8 Å². The van der Waals surface area contributed by atoms with Crippen molar-refractivity contribution < 1.29 is 4.92 Å². The highest BCUT2D eigenvalue weighted by molar-refractivity contribution is 5.96. The van der Waals surface area contributed by atoms with Crippen LogP contribution in [-0.4, -0.2) is 26.6 Å². The maximum Gasteiger partial charge on any atom is 0.295 e. The summed E-state index contributed by atoms with van der Waals surface area (Å²) in [5.41, 5.74) is 8.55. The van der Waals surface area contributed by atoms with E-state index in [-0.39, 0.29) is 11.5 Å². The number of fused-ring (bicyclic) bond motifs is 1. The number of nitro groups is 1. The molecule has 0 saturated carbocycles. The van der Waals surface area contributed by atoms with E-state index in [9.17, 15) is 10.1 Å². The number of hydrogen-bond acceptors (Lipinski definition) is 7. The third-order valence-corrected chi connectivity index (χ3v) is 4.04. The molecule has 0 unspecified atom stereocenters. The maximum atomic E-state index is 11.2. The maximum absolute atomic E-state index is 11.2. The first-order valence-corrected chi connectivity index (χ1v) is 8.02. The third kappa shape index (κ3) is 3.25. The normalized spacial score (nSPS) is 10.6. The van der Waals surface area contributed by atoms with Crippen LogP contribution in [0.5, 0.6) is 0 Å². The monoisotopic (exact) mass is 351 g/mol. The Morgan fingerprint density at radius 1 is 1.46 bits per heavy atom. The predicted octanol–water partition coefficient (Wildman–Crippen LogP) is 2.67. The van der Waals surface area contributed by atoms with Crippen LogP contribution in [-0.2, 0) is 6.42 Å². The number of benzene rings is 1. The Morgan fingerprint density at radius 3 is 3.00 bits per heavy atom. The van der Waals surface area contributed by atoms with Crippen molar-refractivity contribution in [1.82, 2.24) is 15.2 Å². The summed E-state index contributed by atoms with van der Waals surface area (Å²) in [5.74, 6) is 0.207. The Kier molecular flexibility index (Phi) is 4.66. The van der Waals surface area contributed by atoms with E-state index >= 15 is 0 Å². The molecule has 0 atom stereocenters.